The van der Waals surface area contributed by atoms with E-state index in [4.69, 9.17) is 5.73 Å². The van der Waals surface area contributed by atoms with Gasteiger partial charge in [0.15, 0.2) is 0 Å². The number of sulfone groups is 1. The van der Waals surface area contributed by atoms with Crippen LogP contribution in [0.5, 0.6) is 0 Å². The van der Waals surface area contributed by atoms with Gasteiger partial charge in [-0.3, -0.25) is 0 Å². The number of rotatable bonds is 8. The van der Waals surface area contributed by atoms with Gasteiger partial charge in [0.25, 0.3) is 0 Å². The van der Waals surface area contributed by atoms with Gasteiger partial charge in [-0.1, -0.05) is 0 Å². The molecule has 0 aromatic heterocycles. The molecule has 15 heavy (non-hydrogen) atoms. The summed E-state index contributed by atoms with van der Waals surface area (Å²) in [4.78, 5) is 2.28. The Hall–Kier alpha value is -0.130. The van der Waals surface area contributed by atoms with E-state index in [-0.39, 0.29) is 5.75 Å². The second kappa shape index (κ2) is 7.19. The number of hydrogen-bond donors (Lipinski definition) is 1. The predicted molar refractivity (Wildman–Crippen MR) is 64.7 cm³/mol. The minimum Gasteiger partial charge on any atom is -0.330 e. The van der Waals surface area contributed by atoms with Crippen LogP contribution < -0.4 is 5.73 Å². The lowest BCUT2D eigenvalue weighted by atomic mass is 10.2. The molecule has 0 atom stereocenters. The van der Waals surface area contributed by atoms with Crippen LogP contribution in [-0.4, -0.2) is 51.0 Å². The maximum absolute atomic E-state index is 11.0. The Morgan fingerprint density at radius 1 is 1.20 bits per heavy atom. The second-order valence-corrected chi connectivity index (χ2v) is 6.52. The fraction of sp³-hybridized carbons (Fsp3) is 1.00. The van der Waals surface area contributed by atoms with Gasteiger partial charge in [0.05, 0.1) is 5.75 Å². The summed E-state index contributed by atoms with van der Waals surface area (Å²) in [6, 6.07) is 0.455. The van der Waals surface area contributed by atoms with Crippen LogP contribution in [0.1, 0.15) is 26.7 Å². The van der Waals surface area contributed by atoms with Gasteiger partial charge < -0.3 is 10.6 Å². The van der Waals surface area contributed by atoms with Crippen molar-refractivity contribution in [3.05, 3.63) is 0 Å². The molecule has 0 aliphatic heterocycles. The van der Waals surface area contributed by atoms with Gasteiger partial charge in [-0.2, -0.15) is 0 Å². The topological polar surface area (TPSA) is 63.4 Å². The Bertz CT molecular complexity index is 250. The molecule has 0 bridgehead atoms. The summed E-state index contributed by atoms with van der Waals surface area (Å²) in [6.45, 7) is 6.73. The highest BCUT2D eigenvalue weighted by Gasteiger charge is 2.10. The van der Waals surface area contributed by atoms with E-state index < -0.39 is 9.84 Å². The van der Waals surface area contributed by atoms with Crippen molar-refractivity contribution in [2.45, 2.75) is 32.7 Å². The van der Waals surface area contributed by atoms with Crippen molar-refractivity contribution in [3.63, 3.8) is 0 Å². The first-order valence-electron chi connectivity index (χ1n) is 5.48. The molecule has 0 rings (SSSR count). The summed E-state index contributed by atoms with van der Waals surface area (Å²) < 4.78 is 21.9. The van der Waals surface area contributed by atoms with E-state index in [2.05, 4.69) is 18.7 Å². The first-order chi connectivity index (χ1) is 6.87. The summed E-state index contributed by atoms with van der Waals surface area (Å²) in [6.07, 6.45) is 2.96. The lowest BCUT2D eigenvalue weighted by molar-refractivity contribution is 0.221. The van der Waals surface area contributed by atoms with Crippen LogP contribution in [0.2, 0.25) is 0 Å². The van der Waals surface area contributed by atoms with Crippen molar-refractivity contribution in [1.29, 1.82) is 0 Å². The molecule has 0 saturated carbocycles. The molecular weight excluding hydrogens is 212 g/mol. The smallest absolute Gasteiger partial charge is 0.147 e. The minimum absolute atomic E-state index is 0.277. The highest BCUT2D eigenvalue weighted by Crippen LogP contribution is 2.02. The van der Waals surface area contributed by atoms with Gasteiger partial charge in [0.2, 0.25) is 0 Å². The van der Waals surface area contributed by atoms with E-state index in [9.17, 15) is 8.42 Å². The molecule has 0 unspecified atom stereocenters. The number of nitrogens with zero attached hydrogens (tertiary/aromatic N) is 1. The molecule has 5 heteroatoms. The summed E-state index contributed by atoms with van der Waals surface area (Å²) >= 11 is 0. The van der Waals surface area contributed by atoms with Crippen molar-refractivity contribution in [3.8, 4) is 0 Å². The van der Waals surface area contributed by atoms with Gasteiger partial charge in [0, 0.05) is 12.3 Å². The first kappa shape index (κ1) is 14.9. The van der Waals surface area contributed by atoms with Crippen LogP contribution in [0.4, 0.5) is 0 Å². The molecule has 0 aliphatic rings. The fourth-order valence-corrected chi connectivity index (χ4v) is 2.11. The Labute approximate surface area is 93.7 Å². The van der Waals surface area contributed by atoms with Crippen LogP contribution in [-0.2, 0) is 9.84 Å². The Kier molecular flexibility index (Phi) is 7.13. The summed E-state index contributed by atoms with van der Waals surface area (Å²) in [5, 5.41) is 0. The fourth-order valence-electron chi connectivity index (χ4n) is 1.45. The van der Waals surface area contributed by atoms with Crippen molar-refractivity contribution in [1.82, 2.24) is 4.90 Å². The zero-order valence-electron chi connectivity index (χ0n) is 10.1. The molecule has 0 fully saturated rings. The van der Waals surface area contributed by atoms with E-state index in [1.807, 2.05) is 0 Å². The minimum atomic E-state index is -2.82. The molecule has 0 heterocycles. The quantitative estimate of drug-likeness (QED) is 0.666. The van der Waals surface area contributed by atoms with Gasteiger partial charge in [-0.15, -0.1) is 0 Å². The van der Waals surface area contributed by atoms with Gasteiger partial charge >= 0.3 is 0 Å². The average Bonchev–Trinajstić information content (AvgIpc) is 2.08. The van der Waals surface area contributed by atoms with E-state index >= 15 is 0 Å². The lowest BCUT2D eigenvalue weighted by Gasteiger charge is -2.26. The van der Waals surface area contributed by atoms with Crippen LogP contribution >= 0.6 is 0 Å². The van der Waals surface area contributed by atoms with Crippen molar-refractivity contribution >= 4 is 9.84 Å². The van der Waals surface area contributed by atoms with Crippen molar-refractivity contribution in [2.24, 2.45) is 5.73 Å². The van der Waals surface area contributed by atoms with Crippen molar-refractivity contribution < 1.29 is 8.42 Å². The number of hydrogen-bond acceptors (Lipinski definition) is 4. The third kappa shape index (κ3) is 8.84. The largest absolute Gasteiger partial charge is 0.330 e. The number of nitrogens with two attached hydrogens (primary N) is 1. The van der Waals surface area contributed by atoms with Crippen LogP contribution in [0.25, 0.3) is 0 Å². The predicted octanol–water partition coefficient (Wildman–Crippen LogP) is 0.480. The van der Waals surface area contributed by atoms with Crippen LogP contribution in [0.15, 0.2) is 0 Å². The molecule has 2 N–H and O–H groups in total. The Balaban J connectivity index is 3.86. The first-order valence-corrected chi connectivity index (χ1v) is 7.54. The van der Waals surface area contributed by atoms with Gasteiger partial charge in [-0.05, 0) is 46.3 Å². The highest BCUT2D eigenvalue weighted by molar-refractivity contribution is 7.90. The van der Waals surface area contributed by atoms with Gasteiger partial charge in [0.1, 0.15) is 9.84 Å². The summed E-state index contributed by atoms with van der Waals surface area (Å²) in [5.74, 6) is 0.277. The molecule has 92 valence electrons. The second-order valence-electron chi connectivity index (χ2n) is 4.26. The van der Waals surface area contributed by atoms with Crippen LogP contribution in [0, 0.1) is 0 Å². The zero-order valence-corrected chi connectivity index (χ0v) is 10.9. The molecule has 0 aliphatic carbocycles. The lowest BCUT2D eigenvalue weighted by Crippen LogP contribution is -2.34. The normalized spacial score (nSPS) is 12.7. The average molecular weight is 236 g/mol. The zero-order chi connectivity index (χ0) is 11.9. The Morgan fingerprint density at radius 2 is 1.73 bits per heavy atom. The highest BCUT2D eigenvalue weighted by atomic mass is 32.2. The molecule has 4 nitrogen and oxygen atoms in total. The molecule has 0 radical (unpaired) electrons. The Morgan fingerprint density at radius 3 is 2.13 bits per heavy atom. The molecule has 0 spiro atoms. The summed E-state index contributed by atoms with van der Waals surface area (Å²) in [5.41, 5.74) is 5.45. The monoisotopic (exact) mass is 236 g/mol. The molecule has 0 aromatic carbocycles. The van der Waals surface area contributed by atoms with E-state index in [1.165, 1.54) is 6.26 Å². The van der Waals surface area contributed by atoms with E-state index in [1.54, 1.807) is 0 Å². The summed E-state index contributed by atoms with van der Waals surface area (Å²) in [7, 11) is -2.82. The maximum Gasteiger partial charge on any atom is 0.147 e. The van der Waals surface area contributed by atoms with E-state index in [0.717, 1.165) is 19.5 Å². The molecule has 0 amide bonds. The third-order valence-corrected chi connectivity index (χ3v) is 3.37. The van der Waals surface area contributed by atoms with Crippen molar-refractivity contribution in [2.75, 3.05) is 31.6 Å². The molecule has 0 saturated heterocycles. The third-order valence-electron chi connectivity index (χ3n) is 2.34. The van der Waals surface area contributed by atoms with Crippen LogP contribution in [0.3, 0.4) is 0 Å². The van der Waals surface area contributed by atoms with Gasteiger partial charge in [-0.25, -0.2) is 8.42 Å². The molecule has 0 aromatic rings. The SMILES string of the molecule is CC(C)N(CCCN)CCCS(C)(=O)=O. The molecular formula is C10H24N2O2S. The van der Waals surface area contributed by atoms with E-state index in [0.29, 0.717) is 19.0 Å². The standard InChI is InChI=1S/C10H24N2O2S/c1-10(2)12(7-4-6-11)8-5-9-15(3,13)14/h10H,4-9,11H2,1-3H3. The maximum atomic E-state index is 11.0.